The van der Waals surface area contributed by atoms with Crippen molar-refractivity contribution in [2.24, 2.45) is 0 Å². The molecule has 2 aromatic carbocycles. The Morgan fingerprint density at radius 1 is 0.643 bits per heavy atom. The van der Waals surface area contributed by atoms with E-state index in [0.29, 0.717) is 0 Å². The Bertz CT molecular complexity index is 915. The molecule has 0 radical (unpaired) electrons. The highest BCUT2D eigenvalue weighted by atomic mass is 15.0. The molecule has 28 heavy (non-hydrogen) atoms. The van der Waals surface area contributed by atoms with Crippen LogP contribution in [0, 0.1) is 0 Å². The smallest absolute Gasteiger partial charge is 0.202 e. The minimum absolute atomic E-state index is 0.162. The van der Waals surface area contributed by atoms with E-state index in [1.54, 1.807) is 0 Å². The Kier molecular flexibility index (Phi) is 4.56. The van der Waals surface area contributed by atoms with Gasteiger partial charge in [0.2, 0.25) is 11.4 Å². The van der Waals surface area contributed by atoms with Crippen molar-refractivity contribution < 1.29 is 9.15 Å². The van der Waals surface area contributed by atoms with Crippen molar-refractivity contribution in [3.05, 3.63) is 59.7 Å². The number of hydrogen-bond acceptors (Lipinski definition) is 0. The van der Waals surface area contributed by atoms with Crippen LogP contribution in [0.2, 0.25) is 0 Å². The summed E-state index contributed by atoms with van der Waals surface area (Å²) >= 11 is 0. The van der Waals surface area contributed by atoms with E-state index in [9.17, 15) is 0 Å². The number of nitrogens with zero attached hydrogens (tertiary/aromatic N) is 2. The highest BCUT2D eigenvalue weighted by Crippen LogP contribution is 2.44. The fraction of sp³-hybridized carbons (Fsp3) is 0.462. The highest BCUT2D eigenvalue weighted by Gasteiger charge is 2.46. The fourth-order valence-electron chi connectivity index (χ4n) is 5.55. The lowest BCUT2D eigenvalue weighted by molar-refractivity contribution is -0.403. The van der Waals surface area contributed by atoms with Crippen LogP contribution in [-0.4, -0.2) is 34.7 Å². The molecule has 2 unspecified atom stereocenters. The van der Waals surface area contributed by atoms with Crippen LogP contribution >= 0.6 is 0 Å². The fourth-order valence-corrected chi connectivity index (χ4v) is 5.55. The lowest BCUT2D eigenvalue weighted by atomic mass is 9.73. The zero-order chi connectivity index (χ0) is 20.1. The van der Waals surface area contributed by atoms with Crippen LogP contribution in [0.3, 0.4) is 0 Å². The molecule has 0 N–H and O–H groups in total. The SMILES string of the molecule is CC1=[N+](C)c2ccccc2C1(C)CCCCC1(C)C(C)=[N+](C)c2ccccc21. The van der Waals surface area contributed by atoms with Crippen molar-refractivity contribution in [2.45, 2.75) is 64.2 Å². The molecule has 2 aliphatic heterocycles. The summed E-state index contributed by atoms with van der Waals surface area (Å²) in [5, 5.41) is 0. The van der Waals surface area contributed by atoms with E-state index < -0.39 is 0 Å². The van der Waals surface area contributed by atoms with E-state index in [0.717, 1.165) is 0 Å². The second-order valence-electron chi connectivity index (χ2n) is 9.19. The van der Waals surface area contributed by atoms with E-state index in [-0.39, 0.29) is 10.8 Å². The first kappa shape index (κ1) is 19.1. The number of rotatable bonds is 5. The van der Waals surface area contributed by atoms with Gasteiger partial charge in [0, 0.05) is 37.1 Å². The monoisotopic (exact) mass is 374 g/mol. The van der Waals surface area contributed by atoms with Gasteiger partial charge in [0.1, 0.15) is 14.1 Å². The quantitative estimate of drug-likeness (QED) is 0.450. The molecule has 2 nitrogen and oxygen atoms in total. The van der Waals surface area contributed by atoms with Gasteiger partial charge in [-0.05, 0) is 26.7 Å². The van der Waals surface area contributed by atoms with Gasteiger partial charge < -0.3 is 0 Å². The zero-order valence-corrected chi connectivity index (χ0v) is 18.3. The zero-order valence-electron chi connectivity index (χ0n) is 18.3. The maximum absolute atomic E-state index is 2.43. The molecule has 0 fully saturated rings. The van der Waals surface area contributed by atoms with Crippen LogP contribution in [0.5, 0.6) is 0 Å². The highest BCUT2D eigenvalue weighted by molar-refractivity contribution is 5.94. The summed E-state index contributed by atoms with van der Waals surface area (Å²) in [7, 11) is 4.42. The summed E-state index contributed by atoms with van der Waals surface area (Å²) in [6, 6.07) is 17.9. The Hall–Kier alpha value is -2.22. The van der Waals surface area contributed by atoms with E-state index in [1.807, 2.05) is 0 Å². The number of benzene rings is 2. The largest absolute Gasteiger partial charge is 0.209 e. The molecule has 2 aromatic rings. The molecule has 0 bridgehead atoms. The molecule has 2 atom stereocenters. The lowest BCUT2D eigenvalue weighted by Gasteiger charge is -2.25. The third-order valence-electron chi connectivity index (χ3n) is 7.93. The van der Waals surface area contributed by atoms with Gasteiger partial charge in [0.15, 0.2) is 11.4 Å². The Balaban J connectivity index is 1.49. The molecule has 0 saturated heterocycles. The van der Waals surface area contributed by atoms with Gasteiger partial charge in [-0.25, -0.2) is 9.15 Å². The Morgan fingerprint density at radius 3 is 1.39 bits per heavy atom. The lowest BCUT2D eigenvalue weighted by Crippen LogP contribution is -2.31. The van der Waals surface area contributed by atoms with E-state index >= 15 is 0 Å². The van der Waals surface area contributed by atoms with Crippen molar-refractivity contribution in [1.82, 2.24) is 0 Å². The molecule has 0 saturated carbocycles. The summed E-state index contributed by atoms with van der Waals surface area (Å²) < 4.78 is 4.77. The predicted molar refractivity (Wildman–Crippen MR) is 119 cm³/mol. The summed E-state index contributed by atoms with van der Waals surface area (Å²) in [6.07, 6.45) is 4.94. The van der Waals surface area contributed by atoms with E-state index in [2.05, 4.69) is 99.5 Å². The van der Waals surface area contributed by atoms with Crippen molar-refractivity contribution in [3.63, 3.8) is 0 Å². The van der Waals surface area contributed by atoms with Crippen LogP contribution in [0.15, 0.2) is 48.5 Å². The molecule has 0 amide bonds. The normalized spacial score (nSPS) is 26.1. The summed E-state index contributed by atoms with van der Waals surface area (Å²) in [5.74, 6) is 0. The number of fused-ring (bicyclic) bond motifs is 2. The minimum atomic E-state index is 0.162. The van der Waals surface area contributed by atoms with Crippen LogP contribution in [0.4, 0.5) is 11.4 Å². The van der Waals surface area contributed by atoms with Crippen LogP contribution in [-0.2, 0) is 10.8 Å². The van der Waals surface area contributed by atoms with Crippen LogP contribution in [0.1, 0.15) is 64.5 Å². The van der Waals surface area contributed by atoms with Crippen molar-refractivity contribution in [3.8, 4) is 0 Å². The van der Waals surface area contributed by atoms with Crippen LogP contribution in [0.25, 0.3) is 0 Å². The van der Waals surface area contributed by atoms with Crippen molar-refractivity contribution >= 4 is 22.8 Å². The minimum Gasteiger partial charge on any atom is -0.202 e. The van der Waals surface area contributed by atoms with E-state index in [1.165, 1.54) is 59.6 Å². The third kappa shape index (κ3) is 2.61. The van der Waals surface area contributed by atoms with Gasteiger partial charge in [-0.3, -0.25) is 0 Å². The average Bonchev–Trinajstić information content (AvgIpc) is 3.03. The summed E-state index contributed by atoms with van der Waals surface area (Å²) in [5.41, 5.74) is 9.03. The van der Waals surface area contributed by atoms with Crippen LogP contribution < -0.4 is 0 Å². The molecule has 146 valence electrons. The molecule has 0 aromatic heterocycles. The number of unbranched alkanes of at least 4 members (excludes halogenated alkanes) is 1. The van der Waals surface area contributed by atoms with Gasteiger partial charge in [0.25, 0.3) is 0 Å². The second kappa shape index (κ2) is 6.69. The number of para-hydroxylation sites is 2. The van der Waals surface area contributed by atoms with Gasteiger partial charge in [-0.1, -0.05) is 49.2 Å². The number of hydrogen-bond donors (Lipinski definition) is 0. The first-order chi connectivity index (χ1) is 13.3. The van der Waals surface area contributed by atoms with Crippen molar-refractivity contribution in [2.75, 3.05) is 14.1 Å². The molecule has 0 aliphatic carbocycles. The second-order valence-corrected chi connectivity index (χ2v) is 9.19. The molecular weight excluding hydrogens is 340 g/mol. The van der Waals surface area contributed by atoms with Gasteiger partial charge in [0.05, 0.1) is 10.8 Å². The maximum atomic E-state index is 2.43. The average molecular weight is 375 g/mol. The topological polar surface area (TPSA) is 6.02 Å². The standard InChI is InChI=1S/C26H34N2/c1-19-25(3,21-13-7-9-15-23(21)27(19)5)17-11-12-18-26(4)20(2)28(6)24-16-10-8-14-22(24)26/h7-10,13-16H,11-12,17-18H2,1-6H3/q+2. The van der Waals surface area contributed by atoms with Crippen molar-refractivity contribution in [1.29, 1.82) is 0 Å². The van der Waals surface area contributed by atoms with Gasteiger partial charge in [-0.15, -0.1) is 0 Å². The summed E-state index contributed by atoms with van der Waals surface area (Å²) in [4.78, 5) is 0. The van der Waals surface area contributed by atoms with Gasteiger partial charge in [-0.2, -0.15) is 0 Å². The molecule has 2 heteroatoms. The summed E-state index contributed by atoms with van der Waals surface area (Å²) in [6.45, 7) is 9.48. The molecule has 2 aliphatic rings. The third-order valence-corrected chi connectivity index (χ3v) is 7.93. The van der Waals surface area contributed by atoms with E-state index in [4.69, 9.17) is 0 Å². The molecular formula is C26H34N2+2. The first-order valence-electron chi connectivity index (χ1n) is 10.7. The molecule has 2 heterocycles. The molecule has 4 rings (SSSR count). The first-order valence-corrected chi connectivity index (χ1v) is 10.7. The van der Waals surface area contributed by atoms with Gasteiger partial charge >= 0.3 is 0 Å². The Morgan fingerprint density at radius 2 is 1.00 bits per heavy atom. The molecule has 0 spiro atoms. The predicted octanol–water partition coefficient (Wildman–Crippen LogP) is 5.96. The Labute approximate surface area is 170 Å². The maximum Gasteiger partial charge on any atom is 0.209 e.